The number of hydrogen-bond donors (Lipinski definition) is 2. The summed E-state index contributed by atoms with van der Waals surface area (Å²) in [7, 11) is 1.44. The predicted octanol–water partition coefficient (Wildman–Crippen LogP) is 2.49. The molecule has 0 saturated heterocycles. The summed E-state index contributed by atoms with van der Waals surface area (Å²) in [5.41, 5.74) is -0.416. The summed E-state index contributed by atoms with van der Waals surface area (Å²) in [5.74, 6) is -3.03. The second kappa shape index (κ2) is 8.30. The van der Waals surface area contributed by atoms with E-state index >= 15 is 0 Å². The Morgan fingerprint density at radius 1 is 1.18 bits per heavy atom. The molecule has 0 aliphatic heterocycles. The van der Waals surface area contributed by atoms with E-state index in [0.717, 1.165) is 9.63 Å². The zero-order valence-electron chi connectivity index (χ0n) is 16.1. The molecule has 0 bridgehead atoms. The lowest BCUT2D eigenvalue weighted by Crippen LogP contribution is -2.35. The highest BCUT2D eigenvalue weighted by Gasteiger charge is 2.26. The number of amides is 1. The molecule has 1 heterocycles. The Hall–Kier alpha value is -3.07. The first-order valence-corrected chi connectivity index (χ1v) is 8.46. The highest BCUT2D eigenvalue weighted by Crippen LogP contribution is 2.31. The van der Waals surface area contributed by atoms with Gasteiger partial charge in [0.25, 0.3) is 5.91 Å². The fourth-order valence-electron chi connectivity index (χ4n) is 2.33. The topological polar surface area (TPSA) is 101 Å². The minimum Gasteiger partial charge on any atom is -0.503 e. The average molecular weight is 394 g/mol. The summed E-state index contributed by atoms with van der Waals surface area (Å²) in [6, 6.07) is 5.35. The van der Waals surface area contributed by atoms with Crippen molar-refractivity contribution in [2.45, 2.75) is 32.9 Å². The van der Waals surface area contributed by atoms with Crippen LogP contribution in [-0.4, -0.2) is 43.9 Å². The van der Waals surface area contributed by atoms with Crippen LogP contribution in [-0.2, 0) is 28.0 Å². The van der Waals surface area contributed by atoms with E-state index in [1.807, 2.05) is 0 Å². The van der Waals surface area contributed by atoms with Crippen molar-refractivity contribution in [3.63, 3.8) is 0 Å². The molecule has 2 rings (SSSR count). The van der Waals surface area contributed by atoms with Gasteiger partial charge in [0.15, 0.2) is 12.4 Å². The lowest BCUT2D eigenvalue weighted by molar-refractivity contribution is -0.181. The molecule has 0 fully saturated rings. The van der Waals surface area contributed by atoms with Gasteiger partial charge in [-0.2, -0.15) is 0 Å². The first kappa shape index (κ1) is 21.2. The van der Waals surface area contributed by atoms with Crippen LogP contribution < -0.4 is 0 Å². The van der Waals surface area contributed by atoms with Crippen molar-refractivity contribution in [1.82, 2.24) is 9.63 Å². The molecule has 0 radical (unpaired) electrons. The van der Waals surface area contributed by atoms with Gasteiger partial charge in [0.2, 0.25) is 5.88 Å². The van der Waals surface area contributed by atoms with E-state index in [4.69, 9.17) is 9.57 Å². The van der Waals surface area contributed by atoms with Crippen LogP contribution in [0.2, 0.25) is 0 Å². The number of rotatable bonds is 6. The van der Waals surface area contributed by atoms with Crippen LogP contribution in [0.4, 0.5) is 4.39 Å². The van der Waals surface area contributed by atoms with Crippen molar-refractivity contribution >= 4 is 11.9 Å². The monoisotopic (exact) mass is 394 g/mol. The molecule has 0 aliphatic rings. The second-order valence-corrected chi connectivity index (χ2v) is 7.15. The first-order chi connectivity index (χ1) is 13.0. The molecule has 0 spiro atoms. The Morgan fingerprint density at radius 2 is 1.79 bits per heavy atom. The number of hydroxylamine groups is 2. The third kappa shape index (κ3) is 5.46. The van der Waals surface area contributed by atoms with Crippen LogP contribution in [0, 0.1) is 5.82 Å². The number of benzene rings is 1. The summed E-state index contributed by atoms with van der Waals surface area (Å²) in [4.78, 5) is 30.0. The van der Waals surface area contributed by atoms with Crippen molar-refractivity contribution < 1.29 is 33.8 Å². The molecule has 0 saturated carbocycles. The minimum absolute atomic E-state index is 0.128. The number of aromatic nitrogens is 1. The van der Waals surface area contributed by atoms with Crippen LogP contribution >= 0.6 is 0 Å². The van der Waals surface area contributed by atoms with Gasteiger partial charge >= 0.3 is 5.97 Å². The van der Waals surface area contributed by atoms with E-state index < -0.39 is 41.5 Å². The van der Waals surface area contributed by atoms with Gasteiger partial charge in [0.05, 0.1) is 6.54 Å². The Balaban J connectivity index is 2.22. The highest BCUT2D eigenvalue weighted by atomic mass is 19.1. The lowest BCUT2D eigenvalue weighted by atomic mass is 10.2. The number of halogens is 1. The molecular weight excluding hydrogens is 371 g/mol. The van der Waals surface area contributed by atoms with Gasteiger partial charge in [-0.05, 0) is 38.5 Å². The number of nitrogens with zero attached hydrogens (tertiary/aromatic N) is 2. The molecule has 1 aromatic heterocycles. The quantitative estimate of drug-likeness (QED) is 0.577. The van der Waals surface area contributed by atoms with E-state index in [0.29, 0.717) is 5.56 Å². The Bertz CT molecular complexity index is 855. The molecule has 0 unspecified atom stereocenters. The predicted molar refractivity (Wildman–Crippen MR) is 96.8 cm³/mol. The smallest absolute Gasteiger partial charge is 0.335 e. The summed E-state index contributed by atoms with van der Waals surface area (Å²) in [6.07, 6.45) is 1.22. The second-order valence-electron chi connectivity index (χ2n) is 7.15. The Morgan fingerprint density at radius 3 is 2.29 bits per heavy atom. The molecular formula is C19H23FN2O6. The standard InChI is InChI=1S/C19H23FN2O6/c1-19(2,3)28-15(23)11-27-22(9-12-5-7-13(20)8-6-12)17(25)14-10-21(4)18(26)16(14)24/h5-8,10,24,26H,9,11H2,1-4H3. The van der Waals surface area contributed by atoms with Crippen molar-refractivity contribution in [2.24, 2.45) is 7.05 Å². The van der Waals surface area contributed by atoms with Gasteiger partial charge in [-0.1, -0.05) is 12.1 Å². The zero-order valence-corrected chi connectivity index (χ0v) is 16.1. The van der Waals surface area contributed by atoms with Crippen molar-refractivity contribution in [1.29, 1.82) is 0 Å². The number of ether oxygens (including phenoxy) is 1. The van der Waals surface area contributed by atoms with Crippen LogP contribution in [0.3, 0.4) is 0 Å². The molecule has 1 aromatic carbocycles. The maximum Gasteiger partial charge on any atom is 0.335 e. The summed E-state index contributed by atoms with van der Waals surface area (Å²) < 4.78 is 19.4. The molecule has 152 valence electrons. The zero-order chi connectivity index (χ0) is 21.1. The van der Waals surface area contributed by atoms with Crippen LogP contribution in [0.25, 0.3) is 0 Å². The lowest BCUT2D eigenvalue weighted by Gasteiger charge is -2.23. The number of hydrogen-bond acceptors (Lipinski definition) is 6. The number of carbonyl (C=O) groups is 2. The number of aryl methyl sites for hydroxylation is 1. The van der Waals surface area contributed by atoms with Crippen molar-refractivity contribution in [3.05, 3.63) is 47.4 Å². The normalized spacial score (nSPS) is 11.3. The summed E-state index contributed by atoms with van der Waals surface area (Å²) in [5, 5.41) is 20.5. The van der Waals surface area contributed by atoms with Gasteiger partial charge < -0.3 is 19.5 Å². The highest BCUT2D eigenvalue weighted by molar-refractivity contribution is 5.97. The van der Waals surface area contributed by atoms with Crippen LogP contribution in [0.1, 0.15) is 36.7 Å². The van der Waals surface area contributed by atoms with Gasteiger partial charge in [0, 0.05) is 13.2 Å². The van der Waals surface area contributed by atoms with E-state index in [2.05, 4.69) is 0 Å². The number of aromatic hydroxyl groups is 2. The van der Waals surface area contributed by atoms with Crippen molar-refractivity contribution in [3.8, 4) is 11.6 Å². The SMILES string of the molecule is Cn1cc(C(=O)N(Cc2ccc(F)cc2)OCC(=O)OC(C)(C)C)c(O)c1O. The van der Waals surface area contributed by atoms with Gasteiger partial charge in [-0.3, -0.25) is 9.63 Å². The maximum absolute atomic E-state index is 13.1. The van der Waals surface area contributed by atoms with E-state index in [1.54, 1.807) is 20.8 Å². The summed E-state index contributed by atoms with van der Waals surface area (Å²) >= 11 is 0. The third-order valence-electron chi connectivity index (χ3n) is 3.58. The van der Waals surface area contributed by atoms with Gasteiger partial charge in [-0.15, -0.1) is 0 Å². The summed E-state index contributed by atoms with van der Waals surface area (Å²) in [6.45, 7) is 4.39. The molecule has 9 heteroatoms. The molecule has 0 aliphatic carbocycles. The fraction of sp³-hybridized carbons (Fsp3) is 0.368. The van der Waals surface area contributed by atoms with Crippen LogP contribution in [0.5, 0.6) is 11.6 Å². The molecule has 2 aromatic rings. The van der Waals surface area contributed by atoms with Crippen LogP contribution in [0.15, 0.2) is 30.5 Å². The maximum atomic E-state index is 13.1. The molecule has 28 heavy (non-hydrogen) atoms. The molecule has 2 N–H and O–H groups in total. The van der Waals surface area contributed by atoms with Gasteiger partial charge in [0.1, 0.15) is 17.0 Å². The molecule has 1 amide bonds. The molecule has 0 atom stereocenters. The number of carbonyl (C=O) groups excluding carboxylic acids is 2. The van der Waals surface area contributed by atoms with E-state index in [1.165, 1.54) is 37.5 Å². The average Bonchev–Trinajstić information content (AvgIpc) is 2.85. The third-order valence-corrected chi connectivity index (χ3v) is 3.58. The first-order valence-electron chi connectivity index (χ1n) is 8.46. The minimum atomic E-state index is -0.790. The Kier molecular flexibility index (Phi) is 6.30. The Labute approximate surface area is 161 Å². The molecule has 8 nitrogen and oxygen atoms in total. The largest absolute Gasteiger partial charge is 0.503 e. The van der Waals surface area contributed by atoms with E-state index in [-0.39, 0.29) is 12.1 Å². The number of esters is 1. The van der Waals surface area contributed by atoms with Gasteiger partial charge in [-0.25, -0.2) is 14.2 Å². The van der Waals surface area contributed by atoms with E-state index in [9.17, 15) is 24.2 Å². The fourth-order valence-corrected chi connectivity index (χ4v) is 2.33. The van der Waals surface area contributed by atoms with Crippen molar-refractivity contribution in [2.75, 3.05) is 6.61 Å².